The van der Waals surface area contributed by atoms with Gasteiger partial charge in [0.05, 0.1) is 4.90 Å². The number of amides is 1. The Balaban J connectivity index is 2.19. The molecule has 2 aromatic rings. The van der Waals surface area contributed by atoms with E-state index in [2.05, 4.69) is 5.32 Å². The third-order valence-electron chi connectivity index (χ3n) is 3.05. The van der Waals surface area contributed by atoms with Crippen molar-refractivity contribution in [3.8, 4) is 0 Å². The molecule has 106 valence electrons. The van der Waals surface area contributed by atoms with Gasteiger partial charge >= 0.3 is 0 Å². The molecule has 20 heavy (non-hydrogen) atoms. The zero-order chi connectivity index (χ0) is 14.9. The van der Waals surface area contributed by atoms with Crippen molar-refractivity contribution >= 4 is 21.6 Å². The van der Waals surface area contributed by atoms with Crippen molar-refractivity contribution in [1.29, 1.82) is 0 Å². The van der Waals surface area contributed by atoms with E-state index in [0.717, 1.165) is 5.69 Å². The standard InChI is InChI=1S/C13H15N3O3S/c1-9-3-8-12(16(9)2)13(17)15-10-4-6-11(7-5-10)20(14,18)19/h3-8H,1-2H3,(H,15,17)(H2,14,18,19). The molecule has 1 aromatic heterocycles. The Hall–Kier alpha value is -2.12. The summed E-state index contributed by atoms with van der Waals surface area (Å²) in [6, 6.07) is 9.26. The lowest BCUT2D eigenvalue weighted by Gasteiger charge is -2.07. The van der Waals surface area contributed by atoms with Gasteiger partial charge in [-0.05, 0) is 43.3 Å². The first-order valence-electron chi connectivity index (χ1n) is 5.85. The molecule has 0 aliphatic rings. The maximum absolute atomic E-state index is 12.1. The van der Waals surface area contributed by atoms with Crippen molar-refractivity contribution in [1.82, 2.24) is 4.57 Å². The van der Waals surface area contributed by atoms with Crippen LogP contribution in [0.25, 0.3) is 0 Å². The molecule has 0 saturated carbocycles. The van der Waals surface area contributed by atoms with Gasteiger partial charge in [-0.15, -0.1) is 0 Å². The first kappa shape index (κ1) is 14.3. The SMILES string of the molecule is Cc1ccc(C(=O)Nc2ccc(S(N)(=O)=O)cc2)n1C. The number of rotatable bonds is 3. The van der Waals surface area contributed by atoms with Gasteiger partial charge in [0.25, 0.3) is 5.91 Å². The van der Waals surface area contributed by atoms with E-state index >= 15 is 0 Å². The third-order valence-corrected chi connectivity index (χ3v) is 3.98. The molecule has 7 heteroatoms. The van der Waals surface area contributed by atoms with E-state index < -0.39 is 10.0 Å². The highest BCUT2D eigenvalue weighted by molar-refractivity contribution is 7.89. The van der Waals surface area contributed by atoms with Gasteiger partial charge in [-0.25, -0.2) is 13.6 Å². The van der Waals surface area contributed by atoms with Crippen molar-refractivity contribution in [2.75, 3.05) is 5.32 Å². The van der Waals surface area contributed by atoms with Gasteiger partial charge in [0.2, 0.25) is 10.0 Å². The number of carbonyl (C=O) groups excluding carboxylic acids is 1. The fourth-order valence-electron chi connectivity index (χ4n) is 1.76. The Kier molecular flexibility index (Phi) is 3.65. The summed E-state index contributed by atoms with van der Waals surface area (Å²) >= 11 is 0. The average molecular weight is 293 g/mol. The summed E-state index contributed by atoms with van der Waals surface area (Å²) in [5, 5.41) is 7.70. The second kappa shape index (κ2) is 5.10. The molecule has 6 nitrogen and oxygen atoms in total. The fraction of sp³-hybridized carbons (Fsp3) is 0.154. The van der Waals surface area contributed by atoms with Crippen LogP contribution in [0.5, 0.6) is 0 Å². The van der Waals surface area contributed by atoms with Crippen LogP contribution in [0.2, 0.25) is 0 Å². The van der Waals surface area contributed by atoms with Gasteiger partial charge in [0, 0.05) is 18.4 Å². The lowest BCUT2D eigenvalue weighted by atomic mass is 10.3. The molecule has 0 spiro atoms. The van der Waals surface area contributed by atoms with Gasteiger partial charge in [-0.2, -0.15) is 0 Å². The van der Waals surface area contributed by atoms with E-state index in [-0.39, 0.29) is 10.8 Å². The number of anilines is 1. The minimum Gasteiger partial charge on any atom is -0.344 e. The molecule has 2 rings (SSSR count). The topological polar surface area (TPSA) is 94.2 Å². The lowest BCUT2D eigenvalue weighted by molar-refractivity contribution is 0.101. The predicted molar refractivity (Wildman–Crippen MR) is 75.9 cm³/mol. The summed E-state index contributed by atoms with van der Waals surface area (Å²) < 4.78 is 24.0. The largest absolute Gasteiger partial charge is 0.344 e. The van der Waals surface area contributed by atoms with Crippen molar-refractivity contribution < 1.29 is 13.2 Å². The first-order chi connectivity index (χ1) is 9.29. The number of hydrogen-bond acceptors (Lipinski definition) is 3. The number of hydrogen-bond donors (Lipinski definition) is 2. The zero-order valence-electron chi connectivity index (χ0n) is 11.1. The van der Waals surface area contributed by atoms with Crippen LogP contribution in [0.1, 0.15) is 16.2 Å². The lowest BCUT2D eigenvalue weighted by Crippen LogP contribution is -2.16. The highest BCUT2D eigenvalue weighted by atomic mass is 32.2. The molecule has 0 unspecified atom stereocenters. The van der Waals surface area contributed by atoms with E-state index in [9.17, 15) is 13.2 Å². The number of primary sulfonamides is 1. The molecule has 1 aromatic carbocycles. The van der Waals surface area contributed by atoms with Crippen LogP contribution in [-0.2, 0) is 17.1 Å². The van der Waals surface area contributed by atoms with E-state index in [1.165, 1.54) is 24.3 Å². The molecule has 0 aliphatic carbocycles. The number of aryl methyl sites for hydroxylation is 1. The van der Waals surface area contributed by atoms with Crippen LogP contribution in [-0.4, -0.2) is 18.9 Å². The van der Waals surface area contributed by atoms with Crippen LogP contribution in [0.3, 0.4) is 0 Å². The maximum atomic E-state index is 12.1. The van der Waals surface area contributed by atoms with Gasteiger partial charge in [-0.1, -0.05) is 0 Å². The number of sulfonamides is 1. The first-order valence-corrected chi connectivity index (χ1v) is 7.40. The van der Waals surface area contributed by atoms with Gasteiger partial charge in [0.1, 0.15) is 5.69 Å². The average Bonchev–Trinajstić information content (AvgIpc) is 2.69. The number of aromatic nitrogens is 1. The van der Waals surface area contributed by atoms with Crippen molar-refractivity contribution in [3.05, 3.63) is 47.8 Å². The summed E-state index contributed by atoms with van der Waals surface area (Å²) in [6.07, 6.45) is 0. The smallest absolute Gasteiger partial charge is 0.272 e. The van der Waals surface area contributed by atoms with Crippen LogP contribution < -0.4 is 10.5 Å². The normalized spacial score (nSPS) is 11.3. The molecule has 0 atom stereocenters. The van der Waals surface area contributed by atoms with E-state index in [1.807, 2.05) is 13.0 Å². The molecular formula is C13H15N3O3S. The third kappa shape index (κ3) is 2.89. The fourth-order valence-corrected chi connectivity index (χ4v) is 2.28. The quantitative estimate of drug-likeness (QED) is 0.891. The van der Waals surface area contributed by atoms with E-state index in [0.29, 0.717) is 11.4 Å². The van der Waals surface area contributed by atoms with Crippen LogP contribution in [0, 0.1) is 6.92 Å². The molecule has 0 radical (unpaired) electrons. The molecule has 3 N–H and O–H groups in total. The monoisotopic (exact) mass is 293 g/mol. The summed E-state index contributed by atoms with van der Waals surface area (Å²) in [6.45, 7) is 1.90. The van der Waals surface area contributed by atoms with Gasteiger partial charge in [-0.3, -0.25) is 4.79 Å². The van der Waals surface area contributed by atoms with Crippen LogP contribution >= 0.6 is 0 Å². The summed E-state index contributed by atoms with van der Waals surface area (Å²) in [5.74, 6) is -0.260. The number of nitrogens with zero attached hydrogens (tertiary/aromatic N) is 1. The Labute approximate surface area is 117 Å². The molecule has 1 amide bonds. The molecule has 0 aliphatic heterocycles. The molecular weight excluding hydrogens is 278 g/mol. The Morgan fingerprint density at radius 1 is 1.15 bits per heavy atom. The second-order valence-corrected chi connectivity index (χ2v) is 6.00. The predicted octanol–water partition coefficient (Wildman–Crippen LogP) is 1.23. The Morgan fingerprint density at radius 3 is 2.20 bits per heavy atom. The van der Waals surface area contributed by atoms with Crippen LogP contribution in [0.15, 0.2) is 41.3 Å². The summed E-state index contributed by atoms with van der Waals surface area (Å²) in [7, 11) is -1.92. The number of carbonyl (C=O) groups is 1. The van der Waals surface area contributed by atoms with Gasteiger partial charge in [0.15, 0.2) is 0 Å². The van der Waals surface area contributed by atoms with Crippen molar-refractivity contribution in [2.24, 2.45) is 12.2 Å². The van der Waals surface area contributed by atoms with Crippen molar-refractivity contribution in [3.63, 3.8) is 0 Å². The van der Waals surface area contributed by atoms with E-state index in [1.54, 1.807) is 17.7 Å². The summed E-state index contributed by atoms with van der Waals surface area (Å²) in [4.78, 5) is 12.1. The second-order valence-electron chi connectivity index (χ2n) is 4.44. The molecule has 0 saturated heterocycles. The summed E-state index contributed by atoms with van der Waals surface area (Å²) in [5.41, 5.74) is 2.00. The Morgan fingerprint density at radius 2 is 1.75 bits per heavy atom. The Bertz CT molecular complexity index is 746. The van der Waals surface area contributed by atoms with Gasteiger partial charge < -0.3 is 9.88 Å². The minimum atomic E-state index is -3.72. The molecule has 0 fully saturated rings. The van der Waals surface area contributed by atoms with Crippen molar-refractivity contribution in [2.45, 2.75) is 11.8 Å². The number of nitrogens with two attached hydrogens (primary N) is 1. The van der Waals surface area contributed by atoms with Crippen LogP contribution in [0.4, 0.5) is 5.69 Å². The number of nitrogens with one attached hydrogen (secondary N) is 1. The minimum absolute atomic E-state index is 0.00482. The maximum Gasteiger partial charge on any atom is 0.272 e. The highest BCUT2D eigenvalue weighted by Gasteiger charge is 2.12. The number of benzene rings is 1. The highest BCUT2D eigenvalue weighted by Crippen LogP contribution is 2.14. The van der Waals surface area contributed by atoms with E-state index in [4.69, 9.17) is 5.14 Å². The zero-order valence-corrected chi connectivity index (χ0v) is 11.9. The molecule has 1 heterocycles. The molecule has 0 bridgehead atoms.